The second-order valence-corrected chi connectivity index (χ2v) is 5.74. The third kappa shape index (κ3) is 4.47. The van der Waals surface area contributed by atoms with Crippen LogP contribution in [0.3, 0.4) is 0 Å². The van der Waals surface area contributed by atoms with Gasteiger partial charge < -0.3 is 23.4 Å². The molecule has 0 radical (unpaired) electrons. The van der Waals surface area contributed by atoms with Gasteiger partial charge in [-0.15, -0.1) is 5.46 Å². The fourth-order valence-corrected chi connectivity index (χ4v) is 1.81. The lowest BCUT2D eigenvalue weighted by molar-refractivity contribution is -0.153. The zero-order valence-corrected chi connectivity index (χ0v) is 12.0. The maximum absolute atomic E-state index is 12.9. The Morgan fingerprint density at radius 2 is 1.85 bits per heavy atom. The maximum atomic E-state index is 12.9. The van der Waals surface area contributed by atoms with Crippen LogP contribution in [0.15, 0.2) is 12.1 Å². The molecule has 0 aliphatic rings. The van der Waals surface area contributed by atoms with Crippen molar-refractivity contribution >= 4 is 24.1 Å². The highest BCUT2D eigenvalue weighted by Gasteiger charge is 2.29. The number of nitrogens with two attached hydrogens (primary N) is 1. The van der Waals surface area contributed by atoms with Crippen molar-refractivity contribution in [3.05, 3.63) is 23.3 Å². The van der Waals surface area contributed by atoms with Gasteiger partial charge in [-0.05, 0) is 39.3 Å². The Hall–Kier alpha value is -1.66. The monoisotopic (exact) mass is 288 g/mol. The molecule has 3 nitrogen and oxygen atoms in total. The molecule has 2 N–H and O–H groups in total. The van der Waals surface area contributed by atoms with Gasteiger partial charge >= 0.3 is 12.9 Å². The number of anilines is 1. The molecule has 0 fully saturated rings. The molecule has 0 atom stereocenters. The first kappa shape index (κ1) is 16.4. The molecule has 1 rings (SSSR count). The Morgan fingerprint density at radius 1 is 1.30 bits per heavy atom. The van der Waals surface area contributed by atoms with E-state index in [0.29, 0.717) is 0 Å². The van der Waals surface area contributed by atoms with E-state index in [1.807, 2.05) is 0 Å². The predicted octanol–water partition coefficient (Wildman–Crippen LogP) is 2.52. The molecule has 0 bridgehead atoms. The van der Waals surface area contributed by atoms with Gasteiger partial charge in [0.1, 0.15) is 5.60 Å². The molecule has 1 aromatic rings. The number of nitrogen functional groups attached to an aromatic ring is 1. The number of rotatable bonds is 3. The number of ether oxygens (including phenoxy) is 1. The minimum Gasteiger partial charge on any atom is -0.460 e. The molecule has 0 aromatic heterocycles. The SMILES string of the molecule is Cc1c(N)cc(CC(=O)OC(C)(C)C)cc1[B-](F)(F)F. The topological polar surface area (TPSA) is 52.3 Å². The van der Waals surface area contributed by atoms with Crippen molar-refractivity contribution < 1.29 is 22.5 Å². The molecule has 0 saturated heterocycles. The van der Waals surface area contributed by atoms with Gasteiger partial charge in [0.2, 0.25) is 0 Å². The van der Waals surface area contributed by atoms with Gasteiger partial charge in [0, 0.05) is 5.69 Å². The number of carbonyl (C=O) groups is 1. The summed E-state index contributed by atoms with van der Waals surface area (Å²) in [5, 5.41) is 0. The summed E-state index contributed by atoms with van der Waals surface area (Å²) in [5.74, 6) is -0.582. The molecule has 0 aliphatic heterocycles. The molecule has 0 unspecified atom stereocenters. The van der Waals surface area contributed by atoms with Crippen LogP contribution < -0.4 is 11.2 Å². The fourth-order valence-electron chi connectivity index (χ4n) is 1.81. The first-order valence-electron chi connectivity index (χ1n) is 6.21. The average Bonchev–Trinajstić information content (AvgIpc) is 2.18. The van der Waals surface area contributed by atoms with E-state index < -0.39 is 24.0 Å². The molecule has 112 valence electrons. The number of hydrogen-bond acceptors (Lipinski definition) is 3. The lowest BCUT2D eigenvalue weighted by Crippen LogP contribution is -2.37. The van der Waals surface area contributed by atoms with Crippen molar-refractivity contribution in [2.45, 2.75) is 39.7 Å². The second-order valence-electron chi connectivity index (χ2n) is 5.74. The fraction of sp³-hybridized carbons (Fsp3) is 0.462. The largest absolute Gasteiger partial charge is 0.509 e. The average molecular weight is 288 g/mol. The van der Waals surface area contributed by atoms with E-state index in [4.69, 9.17) is 10.5 Å². The highest BCUT2D eigenvalue weighted by Crippen LogP contribution is 2.19. The molecule has 7 heteroatoms. The van der Waals surface area contributed by atoms with E-state index >= 15 is 0 Å². The van der Waals surface area contributed by atoms with Crippen molar-refractivity contribution in [1.29, 1.82) is 0 Å². The summed E-state index contributed by atoms with van der Waals surface area (Å²) in [7, 11) is 0. The Bertz CT molecular complexity index is 522. The highest BCUT2D eigenvalue weighted by molar-refractivity contribution is 6.74. The van der Waals surface area contributed by atoms with Crippen molar-refractivity contribution in [2.24, 2.45) is 0 Å². The number of carbonyl (C=O) groups excluding carboxylic acids is 1. The van der Waals surface area contributed by atoms with Crippen molar-refractivity contribution in [3.8, 4) is 0 Å². The zero-order valence-electron chi connectivity index (χ0n) is 12.0. The number of halogens is 3. The summed E-state index contributed by atoms with van der Waals surface area (Å²) >= 11 is 0. The summed E-state index contributed by atoms with van der Waals surface area (Å²) in [6.45, 7) is 1.24. The maximum Gasteiger partial charge on any atom is 0.509 e. The third-order valence-electron chi connectivity index (χ3n) is 2.67. The van der Waals surface area contributed by atoms with Gasteiger partial charge in [-0.1, -0.05) is 11.6 Å². The van der Waals surface area contributed by atoms with Gasteiger partial charge in [0.15, 0.2) is 0 Å². The van der Waals surface area contributed by atoms with Crippen LogP contribution in [0.1, 0.15) is 31.9 Å². The van der Waals surface area contributed by atoms with Crippen molar-refractivity contribution in [1.82, 2.24) is 0 Å². The predicted molar refractivity (Wildman–Crippen MR) is 73.9 cm³/mol. The summed E-state index contributed by atoms with van der Waals surface area (Å²) in [4.78, 5) is 11.6. The van der Waals surface area contributed by atoms with E-state index in [0.717, 1.165) is 6.07 Å². The van der Waals surface area contributed by atoms with Crippen molar-refractivity contribution in [3.63, 3.8) is 0 Å². The van der Waals surface area contributed by atoms with E-state index in [9.17, 15) is 17.7 Å². The third-order valence-corrected chi connectivity index (χ3v) is 2.67. The second kappa shape index (κ2) is 5.38. The summed E-state index contributed by atoms with van der Waals surface area (Å²) in [6.07, 6.45) is -0.235. The van der Waals surface area contributed by atoms with Gasteiger partial charge in [-0.25, -0.2) is 0 Å². The van der Waals surface area contributed by atoms with E-state index in [1.165, 1.54) is 13.0 Å². The lowest BCUT2D eigenvalue weighted by Gasteiger charge is -2.22. The minimum absolute atomic E-state index is 0.00885. The standard InChI is InChI=1S/C13H18BF3NO2/c1-8-10(14(15,16)17)5-9(6-11(8)18)7-12(19)20-13(2,3)4/h5-6H,7,18H2,1-4H3/q-1. The highest BCUT2D eigenvalue weighted by atomic mass is 19.4. The van der Waals surface area contributed by atoms with Crippen LogP contribution in [0.5, 0.6) is 0 Å². The Kier molecular flexibility index (Phi) is 4.41. The summed E-state index contributed by atoms with van der Waals surface area (Å²) in [6, 6.07) is 2.35. The zero-order chi connectivity index (χ0) is 15.7. The van der Waals surface area contributed by atoms with Crippen LogP contribution in [0.2, 0.25) is 0 Å². The van der Waals surface area contributed by atoms with Crippen LogP contribution in [-0.2, 0) is 16.0 Å². The Labute approximate surface area is 116 Å². The van der Waals surface area contributed by atoms with E-state index in [1.54, 1.807) is 20.8 Å². The summed E-state index contributed by atoms with van der Waals surface area (Å²) in [5.41, 5.74) is 4.37. The van der Waals surface area contributed by atoms with Crippen LogP contribution in [0.4, 0.5) is 18.6 Å². The summed E-state index contributed by atoms with van der Waals surface area (Å²) < 4.78 is 43.8. The Balaban J connectivity index is 3.04. The number of benzene rings is 1. The quantitative estimate of drug-likeness (QED) is 0.528. The van der Waals surface area contributed by atoms with E-state index in [2.05, 4.69) is 0 Å². The molecule has 0 amide bonds. The van der Waals surface area contributed by atoms with Crippen LogP contribution in [0, 0.1) is 6.92 Å². The normalized spacial score (nSPS) is 12.3. The molecule has 0 heterocycles. The molecular weight excluding hydrogens is 270 g/mol. The minimum atomic E-state index is -5.16. The van der Waals surface area contributed by atoms with Gasteiger partial charge in [0.25, 0.3) is 0 Å². The van der Waals surface area contributed by atoms with Crippen LogP contribution in [0.25, 0.3) is 0 Å². The molecule has 20 heavy (non-hydrogen) atoms. The lowest BCUT2D eigenvalue weighted by atomic mass is 9.75. The molecule has 0 saturated carbocycles. The molecule has 1 aromatic carbocycles. The van der Waals surface area contributed by atoms with Crippen molar-refractivity contribution in [2.75, 3.05) is 5.73 Å². The van der Waals surface area contributed by atoms with E-state index in [-0.39, 0.29) is 23.2 Å². The first-order valence-corrected chi connectivity index (χ1v) is 6.21. The molecule has 0 aliphatic carbocycles. The smallest absolute Gasteiger partial charge is 0.460 e. The number of hydrogen-bond donors (Lipinski definition) is 1. The van der Waals surface area contributed by atoms with Gasteiger partial charge in [-0.2, -0.15) is 0 Å². The van der Waals surface area contributed by atoms with Crippen LogP contribution in [-0.4, -0.2) is 18.5 Å². The van der Waals surface area contributed by atoms with Gasteiger partial charge in [-0.3, -0.25) is 4.79 Å². The molecular formula is C13H18BF3NO2-. The Morgan fingerprint density at radius 3 is 2.30 bits per heavy atom. The van der Waals surface area contributed by atoms with Crippen LogP contribution >= 0.6 is 0 Å². The van der Waals surface area contributed by atoms with Gasteiger partial charge in [0.05, 0.1) is 6.42 Å². The first-order chi connectivity index (χ1) is 8.90. The number of esters is 1. The molecule has 0 spiro atoms.